The highest BCUT2D eigenvalue weighted by molar-refractivity contribution is 5.72. The molecule has 3 nitrogen and oxygen atoms in total. The maximum Gasteiger partial charge on any atom is 0.217 e. The Kier molecular flexibility index (Phi) is 5.85. The van der Waals surface area contributed by atoms with E-state index in [2.05, 4.69) is 47.5 Å². The lowest BCUT2D eigenvalue weighted by Gasteiger charge is -2.30. The summed E-state index contributed by atoms with van der Waals surface area (Å²) in [5, 5.41) is 2.81. The third-order valence-corrected chi connectivity index (χ3v) is 3.96. The van der Waals surface area contributed by atoms with Crippen molar-refractivity contribution in [2.45, 2.75) is 39.5 Å². The van der Waals surface area contributed by atoms with E-state index in [9.17, 15) is 4.79 Å². The second kappa shape index (κ2) is 7.87. The van der Waals surface area contributed by atoms with Gasteiger partial charge in [0.15, 0.2) is 0 Å². The normalized spacial score (nSPS) is 15.9. The minimum absolute atomic E-state index is 0.0211. The van der Waals surface area contributed by atoms with Crippen LogP contribution in [0.25, 0.3) is 0 Å². The summed E-state index contributed by atoms with van der Waals surface area (Å²) >= 11 is 0. The molecule has 114 valence electrons. The van der Waals surface area contributed by atoms with Gasteiger partial charge in [-0.3, -0.25) is 4.79 Å². The van der Waals surface area contributed by atoms with Crippen LogP contribution in [0, 0.1) is 0 Å². The summed E-state index contributed by atoms with van der Waals surface area (Å²) < 4.78 is 0. The number of amides is 1. The Hall–Kier alpha value is -1.77. The number of nitrogens with zero attached hydrogens (tertiary/aromatic N) is 1. The Morgan fingerprint density at radius 2 is 1.90 bits per heavy atom. The van der Waals surface area contributed by atoms with Gasteiger partial charge in [-0.05, 0) is 44.2 Å². The number of hydrogen-bond donors (Lipinski definition) is 1. The zero-order valence-electron chi connectivity index (χ0n) is 13.2. The summed E-state index contributed by atoms with van der Waals surface area (Å²) in [4.78, 5) is 13.4. The molecule has 0 spiro atoms. The Bertz CT molecular complexity index is 502. The van der Waals surface area contributed by atoms with Crippen molar-refractivity contribution in [3.05, 3.63) is 41.5 Å². The quantitative estimate of drug-likeness (QED) is 0.842. The van der Waals surface area contributed by atoms with Gasteiger partial charge in [-0.2, -0.15) is 0 Å². The lowest BCUT2D eigenvalue weighted by Crippen LogP contribution is -2.30. The summed E-state index contributed by atoms with van der Waals surface area (Å²) in [7, 11) is 0. The second-order valence-electron chi connectivity index (χ2n) is 5.84. The number of rotatable bonds is 5. The van der Waals surface area contributed by atoms with E-state index in [1.807, 2.05) is 0 Å². The summed E-state index contributed by atoms with van der Waals surface area (Å²) in [6, 6.07) is 8.70. The Morgan fingerprint density at radius 1 is 1.19 bits per heavy atom. The van der Waals surface area contributed by atoms with Crippen LogP contribution in [0.3, 0.4) is 0 Å². The number of carbonyl (C=O) groups is 1. The fraction of sp³-hybridized carbons (Fsp3) is 0.500. The van der Waals surface area contributed by atoms with Crippen LogP contribution >= 0.6 is 0 Å². The predicted molar refractivity (Wildman–Crippen MR) is 88.7 cm³/mol. The van der Waals surface area contributed by atoms with Gasteiger partial charge in [0, 0.05) is 32.2 Å². The molecule has 1 aromatic rings. The smallest absolute Gasteiger partial charge is 0.217 e. The number of hydrogen-bond acceptors (Lipinski definition) is 2. The molecule has 1 N–H and O–H groups in total. The van der Waals surface area contributed by atoms with Gasteiger partial charge in [0.1, 0.15) is 0 Å². The number of anilines is 1. The van der Waals surface area contributed by atoms with Gasteiger partial charge in [-0.1, -0.05) is 29.8 Å². The topological polar surface area (TPSA) is 32.3 Å². The number of carbonyl (C=O) groups excluding carboxylic acids is 1. The van der Waals surface area contributed by atoms with E-state index in [4.69, 9.17) is 0 Å². The summed E-state index contributed by atoms with van der Waals surface area (Å²) in [6.07, 6.45) is 7.01. The molecule has 1 saturated heterocycles. The third kappa shape index (κ3) is 4.92. The molecule has 0 radical (unpaired) electrons. The first-order valence-electron chi connectivity index (χ1n) is 7.90. The van der Waals surface area contributed by atoms with Crippen LogP contribution in [-0.2, 0) is 11.2 Å². The predicted octanol–water partition coefficient (Wildman–Crippen LogP) is 3.30. The Labute approximate surface area is 128 Å². The number of nitrogens with one attached hydrogen (secondary N) is 1. The summed E-state index contributed by atoms with van der Waals surface area (Å²) in [5.74, 6) is 0.0211. The maximum atomic E-state index is 10.9. The molecule has 3 heteroatoms. The van der Waals surface area contributed by atoms with Crippen LogP contribution < -0.4 is 10.2 Å². The number of para-hydroxylation sites is 1. The van der Waals surface area contributed by atoms with Gasteiger partial charge in [0.25, 0.3) is 0 Å². The average Bonchev–Trinajstić information content (AvgIpc) is 2.48. The fourth-order valence-corrected chi connectivity index (χ4v) is 2.85. The highest BCUT2D eigenvalue weighted by atomic mass is 16.1. The van der Waals surface area contributed by atoms with Gasteiger partial charge in [-0.15, -0.1) is 0 Å². The molecule has 0 saturated carbocycles. The molecule has 0 unspecified atom stereocenters. The summed E-state index contributed by atoms with van der Waals surface area (Å²) in [5.41, 5.74) is 4.06. The maximum absolute atomic E-state index is 10.9. The van der Waals surface area contributed by atoms with Crippen molar-refractivity contribution in [3.8, 4) is 0 Å². The van der Waals surface area contributed by atoms with Gasteiger partial charge in [0.2, 0.25) is 5.91 Å². The standard InChI is InChI=1S/C18H26N2O/c1-15(10-11-19-16(2)21)14-17-8-4-5-9-18(17)20-12-6-3-7-13-20/h4-5,8-10H,3,6-7,11-14H2,1-2H3,(H,19,21)/b15-10-. The third-order valence-electron chi connectivity index (χ3n) is 3.96. The Morgan fingerprint density at radius 3 is 2.62 bits per heavy atom. The second-order valence-corrected chi connectivity index (χ2v) is 5.84. The van der Waals surface area contributed by atoms with Crippen molar-refractivity contribution in [1.29, 1.82) is 0 Å². The van der Waals surface area contributed by atoms with E-state index in [-0.39, 0.29) is 5.91 Å². The lowest BCUT2D eigenvalue weighted by molar-refractivity contribution is -0.118. The van der Waals surface area contributed by atoms with Crippen LogP contribution in [0.4, 0.5) is 5.69 Å². The first-order chi connectivity index (χ1) is 10.2. The zero-order valence-corrected chi connectivity index (χ0v) is 13.2. The molecule has 0 atom stereocenters. The molecular formula is C18H26N2O. The van der Waals surface area contributed by atoms with Crippen molar-refractivity contribution in [2.75, 3.05) is 24.5 Å². The first-order valence-corrected chi connectivity index (χ1v) is 7.90. The van der Waals surface area contributed by atoms with Crippen molar-refractivity contribution < 1.29 is 4.79 Å². The monoisotopic (exact) mass is 286 g/mol. The minimum Gasteiger partial charge on any atom is -0.371 e. The molecular weight excluding hydrogens is 260 g/mol. The van der Waals surface area contributed by atoms with E-state index in [0.717, 1.165) is 6.42 Å². The number of piperidine rings is 1. The largest absolute Gasteiger partial charge is 0.371 e. The van der Waals surface area contributed by atoms with Crippen LogP contribution in [0.1, 0.15) is 38.7 Å². The molecule has 0 aliphatic carbocycles. The van der Waals surface area contributed by atoms with Gasteiger partial charge < -0.3 is 10.2 Å². The summed E-state index contributed by atoms with van der Waals surface area (Å²) in [6.45, 7) is 6.65. The van der Waals surface area contributed by atoms with Crippen molar-refractivity contribution in [3.63, 3.8) is 0 Å². The number of benzene rings is 1. The minimum atomic E-state index is 0.0211. The molecule has 1 amide bonds. The van der Waals surface area contributed by atoms with Crippen molar-refractivity contribution in [2.24, 2.45) is 0 Å². The highest BCUT2D eigenvalue weighted by Crippen LogP contribution is 2.25. The van der Waals surface area contributed by atoms with E-state index in [1.165, 1.54) is 49.2 Å². The van der Waals surface area contributed by atoms with Gasteiger partial charge >= 0.3 is 0 Å². The van der Waals surface area contributed by atoms with Crippen LogP contribution in [-0.4, -0.2) is 25.5 Å². The molecule has 1 heterocycles. The SMILES string of the molecule is CC(=O)NC/C=C(/C)Cc1ccccc1N1CCCCC1. The Balaban J connectivity index is 2.03. The van der Waals surface area contributed by atoms with E-state index in [0.29, 0.717) is 6.54 Å². The van der Waals surface area contributed by atoms with E-state index < -0.39 is 0 Å². The molecule has 1 aliphatic rings. The molecule has 0 bridgehead atoms. The number of allylic oxidation sites excluding steroid dienone is 1. The molecule has 21 heavy (non-hydrogen) atoms. The molecule has 1 fully saturated rings. The van der Waals surface area contributed by atoms with Crippen LogP contribution in [0.15, 0.2) is 35.9 Å². The van der Waals surface area contributed by atoms with Crippen LogP contribution in [0.2, 0.25) is 0 Å². The fourth-order valence-electron chi connectivity index (χ4n) is 2.85. The highest BCUT2D eigenvalue weighted by Gasteiger charge is 2.13. The average molecular weight is 286 g/mol. The lowest BCUT2D eigenvalue weighted by atomic mass is 10.0. The molecule has 0 aromatic heterocycles. The molecule has 1 aliphatic heterocycles. The molecule has 1 aromatic carbocycles. The zero-order chi connectivity index (χ0) is 15.1. The van der Waals surface area contributed by atoms with E-state index in [1.54, 1.807) is 6.92 Å². The first kappa shape index (κ1) is 15.6. The van der Waals surface area contributed by atoms with E-state index >= 15 is 0 Å². The van der Waals surface area contributed by atoms with Gasteiger partial charge in [0.05, 0.1) is 0 Å². The van der Waals surface area contributed by atoms with Crippen molar-refractivity contribution >= 4 is 11.6 Å². The van der Waals surface area contributed by atoms with Crippen LogP contribution in [0.5, 0.6) is 0 Å². The van der Waals surface area contributed by atoms with Crippen molar-refractivity contribution in [1.82, 2.24) is 5.32 Å². The molecule has 2 rings (SSSR count). The van der Waals surface area contributed by atoms with Gasteiger partial charge in [-0.25, -0.2) is 0 Å².